The summed E-state index contributed by atoms with van der Waals surface area (Å²) in [5, 5.41) is 0.836. The molecule has 0 atom stereocenters. The van der Waals surface area contributed by atoms with E-state index < -0.39 is 0 Å². The predicted molar refractivity (Wildman–Crippen MR) is 166 cm³/mol. The summed E-state index contributed by atoms with van der Waals surface area (Å²) in [6.07, 6.45) is 34.4. The first-order valence-corrected chi connectivity index (χ1v) is 18.4. The van der Waals surface area contributed by atoms with E-state index in [1.807, 2.05) is 0 Å². The van der Waals surface area contributed by atoms with Crippen LogP contribution < -0.4 is 0 Å². The van der Waals surface area contributed by atoms with Gasteiger partial charge in [0.2, 0.25) is 0 Å². The second kappa shape index (κ2) is 23.9. The van der Waals surface area contributed by atoms with Gasteiger partial charge in [0.25, 0.3) is 0 Å². The fourth-order valence-electron chi connectivity index (χ4n) is 6.35. The third-order valence-corrected chi connectivity index (χ3v) is 10.2. The number of hydrogen-bond donors (Lipinski definition) is 0. The first-order chi connectivity index (χ1) is 19.2. The maximum Gasteiger partial charge on any atom is 0.308 e. The van der Waals surface area contributed by atoms with Crippen LogP contribution in [-0.2, 0) is 19.1 Å². The molecule has 0 saturated heterocycles. The maximum absolute atomic E-state index is 12.1. The van der Waals surface area contributed by atoms with E-state index in [1.54, 1.807) is 0 Å². The minimum Gasteiger partial charge on any atom is -0.465 e. The fourth-order valence-corrected chi connectivity index (χ4v) is 7.16. The lowest BCUT2D eigenvalue weighted by Gasteiger charge is -2.19. The summed E-state index contributed by atoms with van der Waals surface area (Å²) in [5.41, 5.74) is 0. The van der Waals surface area contributed by atoms with Gasteiger partial charge in [0.15, 0.2) is 0 Å². The van der Waals surface area contributed by atoms with Crippen LogP contribution in [0.2, 0.25) is 0 Å². The van der Waals surface area contributed by atoms with Gasteiger partial charge in [-0.15, -0.1) is 0 Å². The number of rotatable bonds is 23. The highest BCUT2D eigenvalue weighted by Gasteiger charge is 2.23. The minimum absolute atomic E-state index is 0.0682. The Hall–Kier alpha value is -0.710. The molecule has 0 aromatic rings. The molecule has 4 nitrogen and oxygen atoms in total. The van der Waals surface area contributed by atoms with Crippen molar-refractivity contribution in [3.05, 3.63) is 0 Å². The van der Waals surface area contributed by atoms with Crippen molar-refractivity contribution in [1.82, 2.24) is 0 Å². The van der Waals surface area contributed by atoms with E-state index in [1.165, 1.54) is 128 Å². The van der Waals surface area contributed by atoms with Crippen LogP contribution in [-0.4, -0.2) is 36.7 Å². The molecule has 0 unspecified atom stereocenters. The second-order valence-electron chi connectivity index (χ2n) is 12.4. The summed E-state index contributed by atoms with van der Waals surface area (Å²) in [5.74, 6) is 0.515. The number of esters is 2. The highest BCUT2D eigenvalue weighted by atomic mass is 32.2. The molecule has 0 spiro atoms. The molecule has 0 aromatic heterocycles. The molecular formula is C34H62O4S. The van der Waals surface area contributed by atoms with E-state index in [9.17, 15) is 9.59 Å². The van der Waals surface area contributed by atoms with E-state index in [4.69, 9.17) is 9.47 Å². The standard InChI is InChI=1S/C34H62O4S/c1-39-32(26-18-8-4-2-6-10-20-28-37-33(35)30-22-14-12-15-23-30)27-19-9-5-3-7-11-21-29-38-34(36)31-24-16-13-17-25-31/h30-32H,2-29H2,1H3. The molecule has 2 aliphatic rings. The summed E-state index contributed by atoms with van der Waals surface area (Å²) in [4.78, 5) is 24.1. The Morgan fingerprint density at radius 2 is 0.872 bits per heavy atom. The van der Waals surface area contributed by atoms with E-state index in [2.05, 4.69) is 18.0 Å². The molecule has 0 aromatic carbocycles. The van der Waals surface area contributed by atoms with Gasteiger partial charge in [-0.05, 0) is 57.6 Å². The number of thioether (sulfide) groups is 1. The van der Waals surface area contributed by atoms with Gasteiger partial charge in [0, 0.05) is 5.25 Å². The number of ether oxygens (including phenoxy) is 2. The number of carbonyl (C=O) groups excluding carboxylic acids is 2. The third-order valence-electron chi connectivity index (χ3n) is 9.04. The van der Waals surface area contributed by atoms with Crippen molar-refractivity contribution in [3.8, 4) is 0 Å². The van der Waals surface area contributed by atoms with E-state index in [0.717, 1.165) is 43.8 Å². The molecule has 2 fully saturated rings. The molecular weight excluding hydrogens is 504 g/mol. The molecule has 5 heteroatoms. The Kier molecular flexibility index (Phi) is 21.2. The van der Waals surface area contributed by atoms with Crippen LogP contribution in [0, 0.1) is 11.8 Å². The van der Waals surface area contributed by atoms with Crippen LogP contribution in [0.1, 0.15) is 167 Å². The van der Waals surface area contributed by atoms with E-state index in [-0.39, 0.29) is 23.8 Å². The fraction of sp³-hybridized carbons (Fsp3) is 0.941. The van der Waals surface area contributed by atoms with Crippen molar-refractivity contribution in [2.45, 2.75) is 172 Å². The van der Waals surface area contributed by atoms with Crippen molar-refractivity contribution in [3.63, 3.8) is 0 Å². The van der Waals surface area contributed by atoms with E-state index in [0.29, 0.717) is 13.2 Å². The molecule has 0 radical (unpaired) electrons. The van der Waals surface area contributed by atoms with Crippen LogP contribution in [0.5, 0.6) is 0 Å². The first kappa shape index (κ1) is 34.5. The molecule has 0 aliphatic heterocycles. The SMILES string of the molecule is CSC(CCCCCCCCCOC(=O)C1CCCCC1)CCCCCCCCCOC(=O)C1CCCCC1. The number of carbonyl (C=O) groups is 2. The molecule has 228 valence electrons. The topological polar surface area (TPSA) is 52.6 Å². The van der Waals surface area contributed by atoms with Crippen LogP contribution in [0.15, 0.2) is 0 Å². The van der Waals surface area contributed by atoms with Crippen molar-refractivity contribution in [2.24, 2.45) is 11.8 Å². The predicted octanol–water partition coefficient (Wildman–Crippen LogP) is 10.2. The van der Waals surface area contributed by atoms with Gasteiger partial charge < -0.3 is 9.47 Å². The molecule has 2 aliphatic carbocycles. The zero-order chi connectivity index (χ0) is 27.8. The van der Waals surface area contributed by atoms with Crippen LogP contribution in [0.25, 0.3) is 0 Å². The van der Waals surface area contributed by atoms with Crippen molar-refractivity contribution >= 4 is 23.7 Å². The van der Waals surface area contributed by atoms with Gasteiger partial charge in [0.1, 0.15) is 0 Å². The first-order valence-electron chi connectivity index (χ1n) is 17.1. The smallest absolute Gasteiger partial charge is 0.308 e. The summed E-state index contributed by atoms with van der Waals surface area (Å²) < 4.78 is 11.0. The maximum atomic E-state index is 12.1. The van der Waals surface area contributed by atoms with Gasteiger partial charge in [0.05, 0.1) is 25.0 Å². The second-order valence-corrected chi connectivity index (χ2v) is 13.5. The summed E-state index contributed by atoms with van der Waals surface area (Å²) >= 11 is 2.07. The molecule has 0 heterocycles. The Bertz CT molecular complexity index is 548. The zero-order valence-electron chi connectivity index (χ0n) is 25.6. The summed E-state index contributed by atoms with van der Waals surface area (Å²) in [6, 6.07) is 0. The Balaban J connectivity index is 1.28. The lowest BCUT2D eigenvalue weighted by atomic mass is 9.89. The average Bonchev–Trinajstić information content (AvgIpc) is 2.98. The lowest BCUT2D eigenvalue weighted by Crippen LogP contribution is -2.20. The van der Waals surface area contributed by atoms with Crippen molar-refractivity contribution in [1.29, 1.82) is 0 Å². The monoisotopic (exact) mass is 566 g/mol. The van der Waals surface area contributed by atoms with Gasteiger partial charge in [-0.3, -0.25) is 9.59 Å². The molecule has 0 amide bonds. The zero-order valence-corrected chi connectivity index (χ0v) is 26.4. The Morgan fingerprint density at radius 1 is 0.538 bits per heavy atom. The van der Waals surface area contributed by atoms with Crippen LogP contribution in [0.4, 0.5) is 0 Å². The molecule has 0 N–H and O–H groups in total. The van der Waals surface area contributed by atoms with Gasteiger partial charge in [-0.2, -0.15) is 11.8 Å². The van der Waals surface area contributed by atoms with Crippen molar-refractivity contribution in [2.75, 3.05) is 19.5 Å². The Morgan fingerprint density at radius 3 is 1.23 bits per heavy atom. The average molecular weight is 567 g/mol. The number of unbranched alkanes of at least 4 members (excludes halogenated alkanes) is 12. The van der Waals surface area contributed by atoms with Crippen LogP contribution in [0.3, 0.4) is 0 Å². The third kappa shape index (κ3) is 17.7. The van der Waals surface area contributed by atoms with Crippen molar-refractivity contribution < 1.29 is 19.1 Å². The van der Waals surface area contributed by atoms with Gasteiger partial charge in [-0.1, -0.05) is 116 Å². The Labute approximate surface area is 245 Å². The van der Waals surface area contributed by atoms with Gasteiger partial charge in [-0.25, -0.2) is 0 Å². The summed E-state index contributed by atoms with van der Waals surface area (Å²) in [6.45, 7) is 1.25. The highest BCUT2D eigenvalue weighted by Crippen LogP contribution is 2.26. The van der Waals surface area contributed by atoms with E-state index >= 15 is 0 Å². The lowest BCUT2D eigenvalue weighted by molar-refractivity contribution is -0.150. The number of hydrogen-bond acceptors (Lipinski definition) is 5. The van der Waals surface area contributed by atoms with Gasteiger partial charge >= 0.3 is 11.9 Å². The quantitative estimate of drug-likeness (QED) is 0.0909. The normalized spacial score (nSPS) is 17.0. The summed E-state index contributed by atoms with van der Waals surface area (Å²) in [7, 11) is 0. The van der Waals surface area contributed by atoms with Crippen LogP contribution >= 0.6 is 11.8 Å². The molecule has 2 rings (SSSR count). The molecule has 2 saturated carbocycles. The minimum atomic E-state index is 0.0682. The highest BCUT2D eigenvalue weighted by molar-refractivity contribution is 7.99. The molecule has 39 heavy (non-hydrogen) atoms. The molecule has 0 bridgehead atoms. The largest absolute Gasteiger partial charge is 0.465 e.